The number of anilines is 3. The highest BCUT2D eigenvalue weighted by atomic mass is 19.1. The number of nitrogens with zero attached hydrogens (tertiary/aromatic N) is 3. The van der Waals surface area contributed by atoms with Crippen LogP contribution in [0.4, 0.5) is 26.0 Å². The van der Waals surface area contributed by atoms with E-state index in [4.69, 9.17) is 4.74 Å². The second-order valence-corrected chi connectivity index (χ2v) is 8.36. The van der Waals surface area contributed by atoms with Gasteiger partial charge in [0.25, 0.3) is 5.91 Å². The number of carbonyl (C=O) groups is 1. The van der Waals surface area contributed by atoms with Gasteiger partial charge in [-0.25, -0.2) is 13.8 Å². The highest BCUT2D eigenvalue weighted by Gasteiger charge is 2.31. The summed E-state index contributed by atoms with van der Waals surface area (Å²) in [5.41, 5.74) is 3.33. The van der Waals surface area contributed by atoms with Crippen molar-refractivity contribution in [3.63, 3.8) is 0 Å². The summed E-state index contributed by atoms with van der Waals surface area (Å²) in [6.45, 7) is 5.04. The van der Waals surface area contributed by atoms with Crippen molar-refractivity contribution in [2.45, 2.75) is 32.9 Å². The number of fused-ring (bicyclic) bond motifs is 2. The molecule has 2 N–H and O–H groups in total. The Kier molecular flexibility index (Phi) is 5.41. The topological polar surface area (TPSA) is 79.4 Å². The van der Waals surface area contributed by atoms with Crippen LogP contribution in [0.25, 0.3) is 11.3 Å². The number of hydrogen-bond donors (Lipinski definition) is 2. The predicted molar refractivity (Wildman–Crippen MR) is 121 cm³/mol. The van der Waals surface area contributed by atoms with Gasteiger partial charge in [0.2, 0.25) is 0 Å². The summed E-state index contributed by atoms with van der Waals surface area (Å²) in [7, 11) is 0. The summed E-state index contributed by atoms with van der Waals surface area (Å²) < 4.78 is 35.0. The van der Waals surface area contributed by atoms with Gasteiger partial charge in [0.05, 0.1) is 17.6 Å². The zero-order valence-corrected chi connectivity index (χ0v) is 18.3. The number of rotatable bonds is 4. The molecule has 0 unspecified atom stereocenters. The van der Waals surface area contributed by atoms with Crippen molar-refractivity contribution in [3.05, 3.63) is 59.4 Å². The van der Waals surface area contributed by atoms with Crippen LogP contribution in [0, 0.1) is 11.6 Å². The van der Waals surface area contributed by atoms with Crippen molar-refractivity contribution in [1.82, 2.24) is 15.3 Å². The number of ether oxygens (including phenoxy) is 1. The smallest absolute Gasteiger partial charge is 0.265 e. The molecular formula is C24H23F2N5O2. The van der Waals surface area contributed by atoms with Crippen molar-refractivity contribution in [1.29, 1.82) is 0 Å². The molecule has 2 aromatic heterocycles. The van der Waals surface area contributed by atoms with Crippen molar-refractivity contribution in [3.8, 4) is 17.0 Å². The van der Waals surface area contributed by atoms with E-state index >= 15 is 0 Å². The molecule has 0 bridgehead atoms. The summed E-state index contributed by atoms with van der Waals surface area (Å²) in [5.74, 6) is -1.19. The van der Waals surface area contributed by atoms with Gasteiger partial charge in [-0.15, -0.1) is 0 Å². The Morgan fingerprint density at radius 2 is 2.03 bits per heavy atom. The van der Waals surface area contributed by atoms with Crippen LogP contribution < -0.4 is 20.3 Å². The SMILES string of the molecule is CC(C)N1C(=O)COc2c(F)cc(-c3nc(Nc4cnc5c(c4)CNCC5)ccc3F)cc21. The average Bonchev–Trinajstić information content (AvgIpc) is 2.79. The molecule has 5 rings (SSSR count). The first-order valence-corrected chi connectivity index (χ1v) is 10.8. The molecule has 0 radical (unpaired) electrons. The van der Waals surface area contributed by atoms with E-state index in [1.807, 2.05) is 19.9 Å². The molecule has 33 heavy (non-hydrogen) atoms. The van der Waals surface area contributed by atoms with Gasteiger partial charge in [0, 0.05) is 36.8 Å². The number of carbonyl (C=O) groups excluding carboxylic acids is 1. The number of aromatic nitrogens is 2. The van der Waals surface area contributed by atoms with E-state index in [9.17, 15) is 13.6 Å². The molecule has 170 valence electrons. The Labute approximate surface area is 189 Å². The normalized spacial score (nSPS) is 15.2. The van der Waals surface area contributed by atoms with Gasteiger partial charge in [-0.1, -0.05) is 0 Å². The van der Waals surface area contributed by atoms with Gasteiger partial charge in [0.15, 0.2) is 18.2 Å². The van der Waals surface area contributed by atoms with Crippen LogP contribution in [0.15, 0.2) is 36.5 Å². The highest BCUT2D eigenvalue weighted by molar-refractivity contribution is 5.99. The van der Waals surface area contributed by atoms with Crippen LogP contribution in [-0.4, -0.2) is 35.1 Å². The number of amides is 1. The lowest BCUT2D eigenvalue weighted by molar-refractivity contribution is -0.121. The fourth-order valence-corrected chi connectivity index (χ4v) is 4.22. The zero-order valence-electron chi connectivity index (χ0n) is 18.3. The maximum Gasteiger partial charge on any atom is 0.265 e. The third-order valence-corrected chi connectivity index (χ3v) is 5.71. The second-order valence-electron chi connectivity index (χ2n) is 8.36. The molecule has 4 heterocycles. The molecule has 0 spiro atoms. The lowest BCUT2D eigenvalue weighted by Crippen LogP contribution is -2.43. The van der Waals surface area contributed by atoms with E-state index in [1.54, 1.807) is 6.20 Å². The van der Waals surface area contributed by atoms with Gasteiger partial charge in [-0.05, 0) is 49.7 Å². The van der Waals surface area contributed by atoms with Gasteiger partial charge in [-0.2, -0.15) is 0 Å². The fraction of sp³-hybridized carbons (Fsp3) is 0.292. The monoisotopic (exact) mass is 451 g/mol. The Bertz CT molecular complexity index is 1250. The molecule has 3 aromatic rings. The van der Waals surface area contributed by atoms with Crippen LogP contribution in [0.1, 0.15) is 25.1 Å². The molecule has 2 aliphatic heterocycles. The number of hydrogen-bond acceptors (Lipinski definition) is 6. The Hall–Kier alpha value is -3.59. The average molecular weight is 451 g/mol. The maximum atomic E-state index is 14.9. The number of halogens is 2. The standard InChI is InChI=1S/C24H23F2N5O2/c1-13(2)31-20-9-14(8-18(26)24(20)33-12-22(31)32)23-17(25)3-4-21(30-23)29-16-7-15-10-27-6-5-19(15)28-11-16/h3-4,7-9,11,13,27H,5-6,10,12H2,1-2H3,(H,29,30). The molecule has 1 aromatic carbocycles. The predicted octanol–water partition coefficient (Wildman–Crippen LogP) is 3.94. The molecule has 1 amide bonds. The van der Waals surface area contributed by atoms with Gasteiger partial charge < -0.3 is 20.3 Å². The first-order chi connectivity index (χ1) is 15.9. The molecule has 9 heteroatoms. The van der Waals surface area contributed by atoms with E-state index < -0.39 is 11.6 Å². The molecule has 7 nitrogen and oxygen atoms in total. The minimum atomic E-state index is -0.674. The van der Waals surface area contributed by atoms with E-state index in [2.05, 4.69) is 20.6 Å². The van der Waals surface area contributed by atoms with Crippen molar-refractivity contribution in [2.24, 2.45) is 0 Å². The number of pyridine rings is 2. The quantitative estimate of drug-likeness (QED) is 0.626. The summed E-state index contributed by atoms with van der Waals surface area (Å²) in [5, 5.41) is 6.46. The molecule has 0 atom stereocenters. The third kappa shape index (κ3) is 4.00. The van der Waals surface area contributed by atoms with Crippen molar-refractivity contribution < 1.29 is 18.3 Å². The van der Waals surface area contributed by atoms with E-state index in [0.717, 1.165) is 36.5 Å². The van der Waals surface area contributed by atoms with Crippen molar-refractivity contribution in [2.75, 3.05) is 23.4 Å². The molecule has 0 saturated heterocycles. The van der Waals surface area contributed by atoms with Gasteiger partial charge in [0.1, 0.15) is 17.3 Å². The van der Waals surface area contributed by atoms with Crippen LogP contribution in [0.2, 0.25) is 0 Å². The minimum absolute atomic E-state index is 0.0181. The third-order valence-electron chi connectivity index (χ3n) is 5.71. The first-order valence-electron chi connectivity index (χ1n) is 10.8. The van der Waals surface area contributed by atoms with Crippen molar-refractivity contribution >= 4 is 23.1 Å². The van der Waals surface area contributed by atoms with Gasteiger partial charge >= 0.3 is 0 Å². The second kappa shape index (κ2) is 8.40. The van der Waals surface area contributed by atoms with E-state index in [1.165, 1.54) is 29.2 Å². The van der Waals surface area contributed by atoms with Crippen LogP contribution in [0.5, 0.6) is 5.75 Å². The Balaban J connectivity index is 1.51. The summed E-state index contributed by atoms with van der Waals surface area (Å²) in [6, 6.07) is 7.27. The number of nitrogens with one attached hydrogen (secondary N) is 2. The number of benzene rings is 1. The first kappa shape index (κ1) is 21.3. The van der Waals surface area contributed by atoms with E-state index in [0.29, 0.717) is 5.82 Å². The Morgan fingerprint density at radius 1 is 1.18 bits per heavy atom. The van der Waals surface area contributed by atoms with Crippen LogP contribution in [-0.2, 0) is 17.8 Å². The summed E-state index contributed by atoms with van der Waals surface area (Å²) in [6.07, 6.45) is 2.59. The lowest BCUT2D eigenvalue weighted by Gasteiger charge is -2.33. The largest absolute Gasteiger partial charge is 0.478 e. The zero-order chi connectivity index (χ0) is 23.1. The highest BCUT2D eigenvalue weighted by Crippen LogP contribution is 2.40. The van der Waals surface area contributed by atoms with Gasteiger partial charge in [-0.3, -0.25) is 9.78 Å². The fourth-order valence-electron chi connectivity index (χ4n) is 4.22. The maximum absolute atomic E-state index is 14.9. The van der Waals surface area contributed by atoms with Crippen LogP contribution in [0.3, 0.4) is 0 Å². The Morgan fingerprint density at radius 3 is 2.85 bits per heavy atom. The molecular weight excluding hydrogens is 428 g/mol. The summed E-state index contributed by atoms with van der Waals surface area (Å²) >= 11 is 0. The molecule has 0 saturated carbocycles. The minimum Gasteiger partial charge on any atom is -0.478 e. The lowest BCUT2D eigenvalue weighted by atomic mass is 10.1. The van der Waals surface area contributed by atoms with Crippen LogP contribution >= 0.6 is 0 Å². The molecule has 0 fully saturated rings. The molecule has 2 aliphatic rings. The summed E-state index contributed by atoms with van der Waals surface area (Å²) in [4.78, 5) is 22.7. The van der Waals surface area contributed by atoms with E-state index in [-0.39, 0.29) is 41.3 Å². The molecule has 0 aliphatic carbocycles.